The van der Waals surface area contributed by atoms with Gasteiger partial charge >= 0.3 is 213 Å². The largest absolute Gasteiger partial charge is 1.00 e. The van der Waals surface area contributed by atoms with Crippen LogP contribution in [0.15, 0.2) is 94.3 Å². The third-order valence-electron chi connectivity index (χ3n) is 7.89. The van der Waals surface area contributed by atoms with Crippen LogP contribution in [0.2, 0.25) is 13.1 Å². The van der Waals surface area contributed by atoms with Crippen LogP contribution in [-0.2, 0) is 27.3 Å². The molecule has 0 bridgehead atoms. The standard InChI is InChI=1S/C19H13.C11H11.C2H7Si.2ClH.Zr/c1-2-6-14(7-3-1)17-12-16-11-10-15-8-4-5-9-18(15)19(16)13-17;1-8-7-9(2)11-6-4-3-5-10(8)11;1-3-2;;;/h1-11H,13H2;3-6,8H,1-2H3;3H,1-2H3;2*1H;/q;;;;;+2/p-2. The molecule has 0 nitrogen and oxygen atoms in total. The van der Waals surface area contributed by atoms with Gasteiger partial charge in [-0.1, -0.05) is 0 Å². The molecule has 0 spiro atoms. The minimum atomic E-state index is -2.15. The average molecular weight is 606 g/mol. The summed E-state index contributed by atoms with van der Waals surface area (Å²) in [5.41, 5.74) is 10.9. The van der Waals surface area contributed by atoms with Gasteiger partial charge in [-0.3, -0.25) is 0 Å². The average Bonchev–Trinajstić information content (AvgIpc) is 3.37. The molecule has 0 aliphatic heterocycles. The van der Waals surface area contributed by atoms with E-state index in [0.29, 0.717) is 5.92 Å². The van der Waals surface area contributed by atoms with Crippen molar-refractivity contribution in [1.29, 1.82) is 0 Å². The molecule has 0 fully saturated rings. The molecule has 36 heavy (non-hydrogen) atoms. The SMILES string of the molecule is CC1=[C]([Zr+2]([C]2=C(c3ccccc3)Cc3c2ccc2ccccc32)[SiH](C)C)C(C)c2ccccc21.[Cl-].[Cl-]. The maximum atomic E-state index is 2.64. The Morgan fingerprint density at radius 3 is 2.14 bits per heavy atom. The van der Waals surface area contributed by atoms with Gasteiger partial charge in [0.15, 0.2) is 0 Å². The maximum absolute atomic E-state index is 2.64. The normalized spacial score (nSPS) is 16.1. The summed E-state index contributed by atoms with van der Waals surface area (Å²) in [6.07, 6.45) is 1.08. The van der Waals surface area contributed by atoms with Crippen LogP contribution < -0.4 is 24.8 Å². The van der Waals surface area contributed by atoms with E-state index >= 15 is 0 Å². The number of allylic oxidation sites excluding steroid dienone is 3. The molecule has 4 heteroatoms. The van der Waals surface area contributed by atoms with Gasteiger partial charge in [0.1, 0.15) is 0 Å². The Hall–Kier alpha value is -1.70. The first kappa shape index (κ1) is 27.3. The van der Waals surface area contributed by atoms with E-state index in [4.69, 9.17) is 0 Å². The number of hydrogen-bond donors (Lipinski definition) is 0. The molecule has 0 N–H and O–H groups in total. The van der Waals surface area contributed by atoms with Gasteiger partial charge in [0.25, 0.3) is 0 Å². The zero-order valence-electron chi connectivity index (χ0n) is 21.3. The molecule has 0 heterocycles. The fraction of sp³-hybridized carbons (Fsp3) is 0.188. The Kier molecular flexibility index (Phi) is 8.32. The van der Waals surface area contributed by atoms with Gasteiger partial charge in [0.05, 0.1) is 0 Å². The quantitative estimate of drug-likeness (QED) is 0.314. The zero-order chi connectivity index (χ0) is 23.4. The second kappa shape index (κ2) is 11.0. The Balaban J connectivity index is 0.00000152. The van der Waals surface area contributed by atoms with Crippen LogP contribution in [0, 0.1) is 0 Å². The maximum Gasteiger partial charge on any atom is -1.00 e. The molecule has 181 valence electrons. The van der Waals surface area contributed by atoms with E-state index in [1.165, 1.54) is 21.9 Å². The summed E-state index contributed by atoms with van der Waals surface area (Å²) >= 11 is -2.15. The minimum Gasteiger partial charge on any atom is -1.00 e. The van der Waals surface area contributed by atoms with Crippen molar-refractivity contribution in [2.45, 2.75) is 39.3 Å². The summed E-state index contributed by atoms with van der Waals surface area (Å²) in [7, 11) is 0. The monoisotopic (exact) mass is 603 g/mol. The Morgan fingerprint density at radius 1 is 0.750 bits per heavy atom. The molecule has 1 unspecified atom stereocenters. The molecule has 0 saturated heterocycles. The Bertz CT molecular complexity index is 1490. The van der Waals surface area contributed by atoms with E-state index in [-0.39, 0.29) is 24.8 Å². The molecule has 4 aromatic rings. The molecular formula is C32H31Cl2SiZr. The van der Waals surface area contributed by atoms with E-state index in [1.807, 2.05) is 6.56 Å². The van der Waals surface area contributed by atoms with Gasteiger partial charge < -0.3 is 24.8 Å². The minimum absolute atomic E-state index is 0. The van der Waals surface area contributed by atoms with Crippen LogP contribution in [0.25, 0.3) is 25.2 Å². The van der Waals surface area contributed by atoms with Crippen LogP contribution in [0.5, 0.6) is 0 Å². The molecule has 2 aliphatic rings. The second-order valence-electron chi connectivity index (χ2n) is 10.1. The van der Waals surface area contributed by atoms with Crippen molar-refractivity contribution in [3.8, 4) is 0 Å². The van der Waals surface area contributed by atoms with Gasteiger partial charge in [-0.25, -0.2) is 0 Å². The van der Waals surface area contributed by atoms with Crippen molar-refractivity contribution in [2.24, 2.45) is 0 Å². The number of rotatable bonds is 4. The first-order valence-electron chi connectivity index (χ1n) is 12.5. The van der Waals surface area contributed by atoms with Gasteiger partial charge in [0, 0.05) is 0 Å². The van der Waals surface area contributed by atoms with E-state index in [9.17, 15) is 0 Å². The van der Waals surface area contributed by atoms with Crippen LogP contribution in [0.4, 0.5) is 0 Å². The molecule has 0 saturated carbocycles. The van der Waals surface area contributed by atoms with Crippen molar-refractivity contribution < 1.29 is 45.7 Å². The van der Waals surface area contributed by atoms with Crippen molar-refractivity contribution >= 4 is 31.1 Å². The molecule has 6 rings (SSSR count). The molecule has 4 aromatic carbocycles. The fourth-order valence-electron chi connectivity index (χ4n) is 6.39. The van der Waals surface area contributed by atoms with E-state index in [0.717, 1.165) is 6.42 Å². The van der Waals surface area contributed by atoms with Crippen molar-refractivity contribution in [2.75, 3.05) is 0 Å². The van der Waals surface area contributed by atoms with Gasteiger partial charge in [0.2, 0.25) is 0 Å². The van der Waals surface area contributed by atoms with Gasteiger partial charge in [-0.05, 0) is 0 Å². The third-order valence-corrected chi connectivity index (χ3v) is 27.3. The van der Waals surface area contributed by atoms with E-state index < -0.39 is 26.8 Å². The summed E-state index contributed by atoms with van der Waals surface area (Å²) < 4.78 is 3.68. The fourth-order valence-corrected chi connectivity index (χ4v) is 27.3. The van der Waals surface area contributed by atoms with Gasteiger partial charge in [-0.15, -0.1) is 0 Å². The van der Waals surface area contributed by atoms with Crippen LogP contribution >= 0.6 is 0 Å². The first-order chi connectivity index (χ1) is 16.6. The molecule has 0 amide bonds. The van der Waals surface area contributed by atoms with Crippen molar-refractivity contribution in [3.63, 3.8) is 0 Å². The summed E-state index contributed by atoms with van der Waals surface area (Å²) in [6, 6.07) is 34.3. The van der Waals surface area contributed by atoms with Crippen molar-refractivity contribution in [3.05, 3.63) is 122 Å². The number of fused-ring (bicyclic) bond motifs is 4. The summed E-state index contributed by atoms with van der Waals surface area (Å²) in [6.45, 7) is 10.2. The van der Waals surface area contributed by atoms with Crippen LogP contribution in [-0.4, -0.2) is 5.92 Å². The van der Waals surface area contributed by atoms with Gasteiger partial charge in [-0.2, -0.15) is 0 Å². The summed E-state index contributed by atoms with van der Waals surface area (Å²) in [5.74, 6) is -0.338. The molecule has 0 aromatic heterocycles. The van der Waals surface area contributed by atoms with E-state index in [2.05, 4.69) is 118 Å². The predicted molar refractivity (Wildman–Crippen MR) is 147 cm³/mol. The second-order valence-corrected chi connectivity index (χ2v) is 29.0. The zero-order valence-corrected chi connectivity index (χ0v) is 26.4. The topological polar surface area (TPSA) is 0 Å². The summed E-state index contributed by atoms with van der Waals surface area (Å²) in [4.78, 5) is 0. The van der Waals surface area contributed by atoms with Crippen molar-refractivity contribution in [1.82, 2.24) is 0 Å². The van der Waals surface area contributed by atoms with Crippen LogP contribution in [0.3, 0.4) is 0 Å². The number of benzene rings is 4. The predicted octanol–water partition coefficient (Wildman–Crippen LogP) is 2.42. The summed E-state index contributed by atoms with van der Waals surface area (Å²) in [5, 5.41) is 2.82. The number of hydrogen-bond acceptors (Lipinski definition) is 0. The first-order valence-corrected chi connectivity index (χ1v) is 22.1. The third kappa shape index (κ3) is 4.35. The van der Waals surface area contributed by atoms with E-state index in [1.54, 1.807) is 27.8 Å². The molecule has 1 atom stereocenters. The van der Waals surface area contributed by atoms with Crippen LogP contribution in [0.1, 0.15) is 47.6 Å². The Morgan fingerprint density at radius 2 is 1.42 bits per heavy atom. The molecule has 0 radical (unpaired) electrons. The smallest absolute Gasteiger partial charge is 1.00 e. The Labute approximate surface area is 236 Å². The molecule has 2 aliphatic carbocycles. The number of halogens is 2. The molecular weight excluding hydrogens is 575 g/mol.